The van der Waals surface area contributed by atoms with Crippen LogP contribution in [0.2, 0.25) is 0 Å². The number of carbonyl (C=O) groups excluding carboxylic acids is 1. The smallest absolute Gasteiger partial charge is 0.223 e. The molecular formula is C29H33N5O2. The van der Waals surface area contributed by atoms with Gasteiger partial charge in [0.15, 0.2) is 5.82 Å². The summed E-state index contributed by atoms with van der Waals surface area (Å²) in [7, 11) is 0. The summed E-state index contributed by atoms with van der Waals surface area (Å²) < 4.78 is 7.44. The molecule has 186 valence electrons. The Morgan fingerprint density at radius 2 is 1.86 bits per heavy atom. The van der Waals surface area contributed by atoms with E-state index in [0.717, 1.165) is 73.7 Å². The normalized spacial score (nSPS) is 14.2. The summed E-state index contributed by atoms with van der Waals surface area (Å²) in [5.74, 6) is 2.01. The van der Waals surface area contributed by atoms with Crippen molar-refractivity contribution in [3.8, 4) is 17.0 Å². The number of carbonyl (C=O) groups is 1. The molecule has 2 aromatic heterocycles. The third kappa shape index (κ3) is 5.51. The first-order chi connectivity index (χ1) is 17.7. The van der Waals surface area contributed by atoms with Crippen LogP contribution in [0.5, 0.6) is 5.75 Å². The summed E-state index contributed by atoms with van der Waals surface area (Å²) in [5.41, 5.74) is 4.23. The standard InChI is InChI=1S/C29H33N5O2/c1-2-36-25-12-10-23(11-13-25)26-21-27-28(30-17-20-34(27)32-26)33-18-14-24(15-19-33)29(35)31-16-6-9-22-7-4-3-5-8-22/h3-5,7-8,10-13,17,20-21,24H,2,6,9,14-16,18-19H2,1H3,(H,31,35). The second kappa shape index (κ2) is 11.2. The molecule has 3 heterocycles. The number of nitrogens with zero attached hydrogens (tertiary/aromatic N) is 4. The van der Waals surface area contributed by atoms with E-state index in [9.17, 15) is 4.79 Å². The number of anilines is 1. The van der Waals surface area contributed by atoms with Crippen LogP contribution in [0.4, 0.5) is 5.82 Å². The van der Waals surface area contributed by atoms with Crippen LogP contribution in [-0.2, 0) is 11.2 Å². The third-order valence-corrected chi connectivity index (χ3v) is 6.78. The molecule has 1 aliphatic rings. The van der Waals surface area contributed by atoms with Gasteiger partial charge in [0.2, 0.25) is 5.91 Å². The molecule has 1 N–H and O–H groups in total. The number of ether oxygens (including phenoxy) is 1. The van der Waals surface area contributed by atoms with E-state index in [0.29, 0.717) is 6.61 Å². The van der Waals surface area contributed by atoms with Crippen molar-refractivity contribution in [1.82, 2.24) is 19.9 Å². The van der Waals surface area contributed by atoms with Crippen LogP contribution in [0.3, 0.4) is 0 Å². The van der Waals surface area contributed by atoms with Crippen LogP contribution >= 0.6 is 0 Å². The maximum atomic E-state index is 12.7. The van der Waals surface area contributed by atoms with Gasteiger partial charge >= 0.3 is 0 Å². The number of aryl methyl sites for hydroxylation is 1. The lowest BCUT2D eigenvalue weighted by Crippen LogP contribution is -2.41. The van der Waals surface area contributed by atoms with Gasteiger partial charge in [-0.1, -0.05) is 30.3 Å². The maximum absolute atomic E-state index is 12.7. The minimum absolute atomic E-state index is 0.0574. The molecule has 0 spiro atoms. The Bertz CT molecular complexity index is 1280. The van der Waals surface area contributed by atoms with Gasteiger partial charge < -0.3 is 15.0 Å². The van der Waals surface area contributed by atoms with Crippen molar-refractivity contribution in [2.45, 2.75) is 32.6 Å². The second-order valence-electron chi connectivity index (χ2n) is 9.21. The quantitative estimate of drug-likeness (QED) is 0.348. The van der Waals surface area contributed by atoms with Crippen LogP contribution in [0, 0.1) is 5.92 Å². The molecule has 36 heavy (non-hydrogen) atoms. The molecular weight excluding hydrogens is 450 g/mol. The number of fused-ring (bicyclic) bond motifs is 1. The van der Waals surface area contributed by atoms with Crippen LogP contribution in [0.1, 0.15) is 31.7 Å². The van der Waals surface area contributed by atoms with Gasteiger partial charge in [-0.25, -0.2) is 9.50 Å². The number of rotatable bonds is 9. The summed E-state index contributed by atoms with van der Waals surface area (Å²) in [6.45, 7) is 4.96. The summed E-state index contributed by atoms with van der Waals surface area (Å²) in [6.07, 6.45) is 7.27. The molecule has 7 nitrogen and oxygen atoms in total. The number of aromatic nitrogens is 3. The minimum Gasteiger partial charge on any atom is -0.494 e. The molecule has 5 rings (SSSR count). The molecule has 0 atom stereocenters. The van der Waals surface area contributed by atoms with E-state index in [1.165, 1.54) is 5.56 Å². The number of hydrogen-bond acceptors (Lipinski definition) is 5. The van der Waals surface area contributed by atoms with Crippen molar-refractivity contribution in [1.29, 1.82) is 0 Å². The van der Waals surface area contributed by atoms with Gasteiger partial charge in [-0.05, 0) is 68.5 Å². The molecule has 4 aromatic rings. The zero-order valence-corrected chi connectivity index (χ0v) is 20.8. The minimum atomic E-state index is 0.0574. The highest BCUT2D eigenvalue weighted by Gasteiger charge is 2.26. The number of benzene rings is 2. The van der Waals surface area contributed by atoms with Gasteiger partial charge in [0.25, 0.3) is 0 Å². The molecule has 0 bridgehead atoms. The molecule has 0 unspecified atom stereocenters. The zero-order chi connectivity index (χ0) is 24.7. The average molecular weight is 484 g/mol. The van der Waals surface area contributed by atoms with E-state index in [-0.39, 0.29) is 11.8 Å². The third-order valence-electron chi connectivity index (χ3n) is 6.78. The molecule has 1 saturated heterocycles. The monoisotopic (exact) mass is 483 g/mol. The van der Waals surface area contributed by atoms with Crippen LogP contribution < -0.4 is 15.0 Å². The number of nitrogens with one attached hydrogen (secondary N) is 1. The Morgan fingerprint density at radius 3 is 2.61 bits per heavy atom. The van der Waals surface area contributed by atoms with Gasteiger partial charge in [0.1, 0.15) is 11.3 Å². The topological polar surface area (TPSA) is 71.8 Å². The van der Waals surface area contributed by atoms with E-state index < -0.39 is 0 Å². The summed E-state index contributed by atoms with van der Waals surface area (Å²) in [5, 5.41) is 7.91. The highest BCUT2D eigenvalue weighted by molar-refractivity contribution is 5.79. The van der Waals surface area contributed by atoms with E-state index in [4.69, 9.17) is 9.84 Å². The number of hydrogen-bond donors (Lipinski definition) is 1. The Labute approximate surface area is 212 Å². The van der Waals surface area contributed by atoms with E-state index in [1.54, 1.807) is 6.20 Å². The lowest BCUT2D eigenvalue weighted by molar-refractivity contribution is -0.125. The molecule has 2 aromatic carbocycles. The molecule has 1 fully saturated rings. The van der Waals surface area contributed by atoms with E-state index in [2.05, 4.69) is 45.5 Å². The number of piperidine rings is 1. The van der Waals surface area contributed by atoms with Gasteiger partial charge in [0, 0.05) is 43.5 Å². The highest BCUT2D eigenvalue weighted by Crippen LogP contribution is 2.29. The first-order valence-electron chi connectivity index (χ1n) is 12.9. The maximum Gasteiger partial charge on any atom is 0.223 e. The Balaban J connectivity index is 1.17. The fourth-order valence-electron chi connectivity index (χ4n) is 4.83. The SMILES string of the molecule is CCOc1ccc(-c2cc3c(N4CCC(C(=O)NCCCc5ccccc5)CC4)nccn3n2)cc1. The van der Waals surface area contributed by atoms with Crippen molar-refractivity contribution in [3.63, 3.8) is 0 Å². The highest BCUT2D eigenvalue weighted by atomic mass is 16.5. The Kier molecular flexibility index (Phi) is 7.45. The molecule has 7 heteroatoms. The average Bonchev–Trinajstić information content (AvgIpc) is 3.37. The van der Waals surface area contributed by atoms with Crippen molar-refractivity contribution in [3.05, 3.63) is 78.6 Å². The summed E-state index contributed by atoms with van der Waals surface area (Å²) in [4.78, 5) is 19.7. The fourth-order valence-corrected chi connectivity index (χ4v) is 4.83. The van der Waals surface area contributed by atoms with Gasteiger partial charge in [-0.15, -0.1) is 0 Å². The summed E-state index contributed by atoms with van der Waals surface area (Å²) in [6, 6.07) is 20.5. The predicted molar refractivity (Wildman–Crippen MR) is 142 cm³/mol. The largest absolute Gasteiger partial charge is 0.494 e. The van der Waals surface area contributed by atoms with Gasteiger partial charge in [-0.2, -0.15) is 5.10 Å². The van der Waals surface area contributed by atoms with Crippen molar-refractivity contribution in [2.75, 3.05) is 31.1 Å². The molecule has 0 aliphatic carbocycles. The van der Waals surface area contributed by atoms with E-state index >= 15 is 0 Å². The molecule has 1 aliphatic heterocycles. The summed E-state index contributed by atoms with van der Waals surface area (Å²) >= 11 is 0. The predicted octanol–water partition coefficient (Wildman–Crippen LogP) is 4.76. The number of amides is 1. The Hall–Kier alpha value is -3.87. The van der Waals surface area contributed by atoms with Gasteiger partial charge in [0.05, 0.1) is 12.3 Å². The first-order valence-corrected chi connectivity index (χ1v) is 12.9. The van der Waals surface area contributed by atoms with Crippen molar-refractivity contribution < 1.29 is 9.53 Å². The fraction of sp³-hybridized carbons (Fsp3) is 0.345. The van der Waals surface area contributed by atoms with Crippen LogP contribution in [0.15, 0.2) is 73.1 Å². The van der Waals surface area contributed by atoms with Crippen molar-refractivity contribution >= 4 is 17.2 Å². The Morgan fingerprint density at radius 1 is 1.08 bits per heavy atom. The lowest BCUT2D eigenvalue weighted by Gasteiger charge is -2.32. The lowest BCUT2D eigenvalue weighted by atomic mass is 9.95. The first kappa shape index (κ1) is 23.9. The molecule has 1 amide bonds. The zero-order valence-electron chi connectivity index (χ0n) is 20.8. The van der Waals surface area contributed by atoms with Crippen LogP contribution in [0.25, 0.3) is 16.8 Å². The molecule has 0 saturated carbocycles. The van der Waals surface area contributed by atoms with Gasteiger partial charge in [-0.3, -0.25) is 4.79 Å². The second-order valence-corrected chi connectivity index (χ2v) is 9.21. The van der Waals surface area contributed by atoms with Crippen molar-refractivity contribution in [2.24, 2.45) is 5.92 Å². The van der Waals surface area contributed by atoms with Crippen LogP contribution in [-0.4, -0.2) is 46.7 Å². The molecule has 0 radical (unpaired) electrons. The van der Waals surface area contributed by atoms with E-state index in [1.807, 2.05) is 48.0 Å².